The number of ether oxygens (including phenoxy) is 2. The number of aromatic nitrogens is 2. The van der Waals surface area contributed by atoms with Gasteiger partial charge in [0.25, 0.3) is 0 Å². The molecule has 2 amide bonds. The van der Waals surface area contributed by atoms with Gasteiger partial charge in [-0.05, 0) is 55.4 Å². The minimum absolute atomic E-state index is 0.0964. The summed E-state index contributed by atoms with van der Waals surface area (Å²) in [5.41, 5.74) is -0.749. The molecule has 0 aromatic carbocycles. The van der Waals surface area contributed by atoms with Crippen molar-refractivity contribution in [2.75, 3.05) is 13.1 Å². The van der Waals surface area contributed by atoms with E-state index in [9.17, 15) is 9.59 Å². The number of carbonyl (C=O) groups is 2. The lowest BCUT2D eigenvalue weighted by Crippen LogP contribution is -2.51. The average Bonchev–Trinajstić information content (AvgIpc) is 2.94. The third kappa shape index (κ3) is 6.38. The van der Waals surface area contributed by atoms with E-state index < -0.39 is 36.1 Å². The Morgan fingerprint density at radius 1 is 1.12 bits per heavy atom. The molecule has 1 aromatic heterocycles. The van der Waals surface area contributed by atoms with E-state index in [1.807, 2.05) is 27.7 Å². The predicted octanol–water partition coefficient (Wildman–Crippen LogP) is 2.06. The van der Waals surface area contributed by atoms with E-state index in [4.69, 9.17) is 18.8 Å². The fourth-order valence-corrected chi connectivity index (χ4v) is 3.65. The Hall–Kier alpha value is -2.40. The maximum atomic E-state index is 12.7. The van der Waals surface area contributed by atoms with Crippen LogP contribution in [0.3, 0.4) is 0 Å². The zero-order chi connectivity index (χ0) is 25.3. The van der Waals surface area contributed by atoms with Crippen molar-refractivity contribution in [1.82, 2.24) is 20.2 Å². The van der Waals surface area contributed by atoms with Crippen molar-refractivity contribution in [1.29, 1.82) is 0 Å². The molecule has 2 fully saturated rings. The smallest absolute Gasteiger partial charge is 0.460 e. The van der Waals surface area contributed by atoms with E-state index in [-0.39, 0.29) is 18.0 Å². The van der Waals surface area contributed by atoms with Gasteiger partial charge < -0.3 is 29.0 Å². The van der Waals surface area contributed by atoms with Gasteiger partial charge in [-0.2, -0.15) is 0 Å². The van der Waals surface area contributed by atoms with Gasteiger partial charge in [-0.3, -0.25) is 4.79 Å². The lowest BCUT2D eigenvalue weighted by molar-refractivity contribution is -0.134. The summed E-state index contributed by atoms with van der Waals surface area (Å²) >= 11 is 0. The molecule has 0 spiro atoms. The summed E-state index contributed by atoms with van der Waals surface area (Å²) in [6, 6.07) is -0.386. The van der Waals surface area contributed by atoms with Crippen molar-refractivity contribution >= 4 is 24.6 Å². The highest BCUT2D eigenvalue weighted by Gasteiger charge is 2.52. The first-order valence-electron chi connectivity index (χ1n) is 11.8. The van der Waals surface area contributed by atoms with E-state index in [1.165, 1.54) is 0 Å². The van der Waals surface area contributed by atoms with Crippen LogP contribution in [0.5, 0.6) is 6.01 Å². The number of likely N-dealkylation sites (tertiary alicyclic amines) is 1. The highest BCUT2D eigenvalue weighted by molar-refractivity contribution is 6.61. The van der Waals surface area contributed by atoms with Gasteiger partial charge in [-0.1, -0.05) is 0 Å². The SMILES string of the molecule is C[C@H](NC(=O)OC(C)(C)C)C(=O)N1CCC(Oc2ncc(B3OC(C)(C)C(C)(C)O3)cn2)CC1. The molecule has 1 atom stereocenters. The van der Waals surface area contributed by atoms with Crippen molar-refractivity contribution < 1.29 is 28.4 Å². The molecular weight excluding hydrogens is 439 g/mol. The minimum Gasteiger partial charge on any atom is -0.460 e. The second-order valence-electron chi connectivity index (χ2n) is 10.9. The van der Waals surface area contributed by atoms with Crippen LogP contribution in [0.2, 0.25) is 0 Å². The zero-order valence-corrected chi connectivity index (χ0v) is 21.5. The van der Waals surface area contributed by atoms with Crippen LogP contribution in [0, 0.1) is 0 Å². The first-order valence-corrected chi connectivity index (χ1v) is 11.8. The van der Waals surface area contributed by atoms with Crippen LogP contribution in [0.15, 0.2) is 12.4 Å². The lowest BCUT2D eigenvalue weighted by Gasteiger charge is -2.33. The van der Waals surface area contributed by atoms with Gasteiger partial charge in [0, 0.05) is 43.8 Å². The third-order valence-electron chi connectivity index (χ3n) is 6.30. The number of hydrogen-bond donors (Lipinski definition) is 1. The largest absolute Gasteiger partial charge is 0.498 e. The number of amides is 2. The molecule has 2 aliphatic heterocycles. The number of hydrogen-bond acceptors (Lipinski definition) is 8. The topological polar surface area (TPSA) is 112 Å². The average molecular weight is 476 g/mol. The summed E-state index contributed by atoms with van der Waals surface area (Å²) in [5.74, 6) is -0.146. The molecule has 0 aliphatic carbocycles. The van der Waals surface area contributed by atoms with Gasteiger partial charge >= 0.3 is 19.2 Å². The maximum Gasteiger partial charge on any atom is 0.498 e. The quantitative estimate of drug-likeness (QED) is 0.643. The Bertz CT molecular complexity index is 862. The Kier molecular flexibility index (Phi) is 7.47. The predicted molar refractivity (Wildman–Crippen MR) is 127 cm³/mol. The Labute approximate surface area is 202 Å². The molecule has 2 saturated heterocycles. The summed E-state index contributed by atoms with van der Waals surface area (Å²) in [4.78, 5) is 35.0. The van der Waals surface area contributed by atoms with Crippen LogP contribution in [0.1, 0.15) is 68.2 Å². The van der Waals surface area contributed by atoms with Crippen LogP contribution >= 0.6 is 0 Å². The number of nitrogens with zero attached hydrogens (tertiary/aromatic N) is 3. The molecule has 0 radical (unpaired) electrons. The van der Waals surface area contributed by atoms with Crippen molar-refractivity contribution in [2.24, 2.45) is 0 Å². The number of carbonyl (C=O) groups excluding carboxylic acids is 2. The van der Waals surface area contributed by atoms with E-state index in [2.05, 4.69) is 15.3 Å². The van der Waals surface area contributed by atoms with Gasteiger partial charge in [0.05, 0.1) is 11.2 Å². The first kappa shape index (κ1) is 26.2. The normalized spacial score (nSPS) is 21.2. The van der Waals surface area contributed by atoms with Gasteiger partial charge in [-0.25, -0.2) is 14.8 Å². The Morgan fingerprint density at radius 3 is 2.15 bits per heavy atom. The van der Waals surface area contributed by atoms with Gasteiger partial charge in [0.15, 0.2) is 0 Å². The molecule has 3 rings (SSSR count). The van der Waals surface area contributed by atoms with Crippen molar-refractivity contribution in [3.8, 4) is 6.01 Å². The molecule has 0 saturated carbocycles. The fraction of sp³-hybridized carbons (Fsp3) is 0.739. The molecule has 34 heavy (non-hydrogen) atoms. The highest BCUT2D eigenvalue weighted by Crippen LogP contribution is 2.36. The van der Waals surface area contributed by atoms with Crippen LogP contribution in [0.25, 0.3) is 0 Å². The number of rotatable bonds is 5. The van der Waals surface area contributed by atoms with E-state index in [0.29, 0.717) is 25.9 Å². The van der Waals surface area contributed by atoms with E-state index in [0.717, 1.165) is 5.46 Å². The highest BCUT2D eigenvalue weighted by atomic mass is 16.7. The minimum atomic E-state index is -0.668. The maximum absolute atomic E-state index is 12.7. The van der Waals surface area contributed by atoms with Crippen LogP contribution in [-0.2, 0) is 18.8 Å². The summed E-state index contributed by atoms with van der Waals surface area (Å²) in [6.45, 7) is 16.0. The molecule has 188 valence electrons. The lowest BCUT2D eigenvalue weighted by atomic mass is 9.81. The third-order valence-corrected chi connectivity index (χ3v) is 6.30. The number of piperidine rings is 1. The second-order valence-corrected chi connectivity index (χ2v) is 10.9. The molecule has 11 heteroatoms. The molecule has 0 bridgehead atoms. The summed E-state index contributed by atoms with van der Waals surface area (Å²) < 4.78 is 23.2. The number of alkyl carbamates (subject to hydrolysis) is 1. The van der Waals surface area contributed by atoms with Crippen LogP contribution in [-0.4, -0.2) is 76.0 Å². The van der Waals surface area contributed by atoms with Gasteiger partial charge in [0.2, 0.25) is 5.91 Å². The molecular formula is C23H37BN4O6. The zero-order valence-electron chi connectivity index (χ0n) is 21.5. The van der Waals surface area contributed by atoms with Crippen LogP contribution < -0.4 is 15.5 Å². The van der Waals surface area contributed by atoms with Crippen molar-refractivity contribution in [3.05, 3.63) is 12.4 Å². The molecule has 0 unspecified atom stereocenters. The van der Waals surface area contributed by atoms with Crippen LogP contribution in [0.4, 0.5) is 4.79 Å². The van der Waals surface area contributed by atoms with Crippen molar-refractivity contribution in [3.63, 3.8) is 0 Å². The van der Waals surface area contributed by atoms with Crippen molar-refractivity contribution in [2.45, 2.75) is 97.2 Å². The van der Waals surface area contributed by atoms with E-state index >= 15 is 0 Å². The molecule has 2 aliphatic rings. The first-order chi connectivity index (χ1) is 15.7. The molecule has 1 N–H and O–H groups in total. The van der Waals surface area contributed by atoms with Gasteiger partial charge in [-0.15, -0.1) is 0 Å². The molecule has 10 nitrogen and oxygen atoms in total. The van der Waals surface area contributed by atoms with Gasteiger partial charge in [0.1, 0.15) is 17.7 Å². The molecule has 3 heterocycles. The fourth-order valence-electron chi connectivity index (χ4n) is 3.65. The summed E-state index contributed by atoms with van der Waals surface area (Å²) in [6.07, 6.45) is 3.91. The molecule has 1 aromatic rings. The van der Waals surface area contributed by atoms with E-state index in [1.54, 1.807) is 45.0 Å². The summed E-state index contributed by atoms with van der Waals surface area (Å²) in [5, 5.41) is 2.60. The Balaban J connectivity index is 1.46. The standard InChI is InChI=1S/C23H37BN4O6/c1-15(27-20(30)32-21(2,3)4)18(29)28-11-9-17(10-12-28)31-19-25-13-16(14-26-19)24-33-22(5,6)23(7,8)34-24/h13-15,17H,9-12H2,1-8H3,(H,27,30)/t15-/m0/s1. The Morgan fingerprint density at radius 2 is 1.65 bits per heavy atom. The summed E-state index contributed by atoms with van der Waals surface area (Å²) in [7, 11) is -0.524. The second kappa shape index (κ2) is 9.69. The number of nitrogens with one attached hydrogen (secondary N) is 1. The monoisotopic (exact) mass is 476 g/mol.